The molecule has 114 valence electrons. The van der Waals surface area contributed by atoms with Gasteiger partial charge in [-0.1, -0.05) is 13.8 Å². The third-order valence-electron chi connectivity index (χ3n) is 2.42. The van der Waals surface area contributed by atoms with Gasteiger partial charge >= 0.3 is 5.97 Å². The molecule has 3 N–H and O–H groups in total. The van der Waals surface area contributed by atoms with Crippen molar-refractivity contribution in [2.75, 3.05) is 0 Å². The molecule has 0 aliphatic carbocycles. The molecule has 0 aromatic carbocycles. The highest BCUT2D eigenvalue weighted by molar-refractivity contribution is 7.89. The Morgan fingerprint density at radius 3 is 2.50 bits per heavy atom. The van der Waals surface area contributed by atoms with E-state index in [0.717, 1.165) is 6.20 Å². The number of aromatic nitrogens is 2. The summed E-state index contributed by atoms with van der Waals surface area (Å²) in [6.45, 7) is 3.55. The van der Waals surface area contributed by atoms with Crippen LogP contribution in [0.2, 0.25) is 0 Å². The van der Waals surface area contributed by atoms with Crippen LogP contribution in [0.15, 0.2) is 11.2 Å². The maximum atomic E-state index is 12.2. The fourth-order valence-electron chi connectivity index (χ4n) is 1.38. The largest absolute Gasteiger partial charge is 0.480 e. The van der Waals surface area contributed by atoms with Crippen molar-refractivity contribution >= 4 is 16.0 Å². The van der Waals surface area contributed by atoms with Crippen molar-refractivity contribution in [1.29, 1.82) is 0 Å². The fraction of sp³-hybridized carbons (Fsp3) is 0.600. The summed E-state index contributed by atoms with van der Waals surface area (Å²) in [6.07, 6.45) is -3.04. The van der Waals surface area contributed by atoms with Crippen LogP contribution in [0.3, 0.4) is 0 Å². The van der Waals surface area contributed by atoms with Crippen molar-refractivity contribution in [2.45, 2.75) is 43.7 Å². The number of H-pyrrole nitrogens is 1. The van der Waals surface area contributed by atoms with Gasteiger partial charge in [-0.15, -0.1) is 0 Å². The predicted octanol–water partition coefficient (Wildman–Crippen LogP) is 0.920. The van der Waals surface area contributed by atoms with E-state index in [1.807, 2.05) is 0 Å². The van der Waals surface area contributed by atoms with Crippen molar-refractivity contribution in [1.82, 2.24) is 14.7 Å². The zero-order chi connectivity index (χ0) is 15.5. The van der Waals surface area contributed by atoms with E-state index in [9.17, 15) is 22.0 Å². The number of aromatic amines is 1. The Hall–Kier alpha value is -1.55. The Kier molecular flexibility index (Phi) is 5.17. The number of halogens is 2. The molecule has 1 rings (SSSR count). The van der Waals surface area contributed by atoms with Crippen LogP contribution in [0.1, 0.15) is 32.0 Å². The Labute approximate surface area is 114 Å². The standard InChI is InChI=1S/C10H15F2N3O4S/c1-5(2)9-13-4-8(14-9)20(18,19)15-6(10(16)17)3-7(11)12/h4-7,15H,3H2,1-2H3,(H,13,14)(H,16,17). The average molecular weight is 311 g/mol. The molecular weight excluding hydrogens is 296 g/mol. The molecule has 0 amide bonds. The number of nitrogens with one attached hydrogen (secondary N) is 2. The third-order valence-corrected chi connectivity index (χ3v) is 3.80. The monoisotopic (exact) mass is 311 g/mol. The van der Waals surface area contributed by atoms with Crippen molar-refractivity contribution in [3.63, 3.8) is 0 Å². The van der Waals surface area contributed by atoms with Crippen LogP contribution in [0.25, 0.3) is 0 Å². The molecule has 0 saturated heterocycles. The van der Waals surface area contributed by atoms with E-state index in [2.05, 4.69) is 9.97 Å². The van der Waals surface area contributed by atoms with Crippen molar-refractivity contribution in [2.24, 2.45) is 0 Å². The zero-order valence-corrected chi connectivity index (χ0v) is 11.6. The molecule has 0 aliphatic heterocycles. The van der Waals surface area contributed by atoms with Crippen LogP contribution < -0.4 is 4.72 Å². The van der Waals surface area contributed by atoms with Gasteiger partial charge in [-0.05, 0) is 0 Å². The predicted molar refractivity (Wildman–Crippen MR) is 65.0 cm³/mol. The summed E-state index contributed by atoms with van der Waals surface area (Å²) in [6, 6.07) is -1.90. The Morgan fingerprint density at radius 1 is 1.50 bits per heavy atom. The van der Waals surface area contributed by atoms with Gasteiger partial charge in [-0.25, -0.2) is 22.2 Å². The Balaban J connectivity index is 2.94. The molecule has 0 bridgehead atoms. The number of nitrogens with zero attached hydrogens (tertiary/aromatic N) is 1. The lowest BCUT2D eigenvalue weighted by atomic mass is 10.2. The first-order chi connectivity index (χ1) is 9.13. The minimum Gasteiger partial charge on any atom is -0.480 e. The lowest BCUT2D eigenvalue weighted by molar-refractivity contribution is -0.140. The maximum Gasteiger partial charge on any atom is 0.321 e. The first kappa shape index (κ1) is 16.5. The van der Waals surface area contributed by atoms with Crippen molar-refractivity contribution in [3.05, 3.63) is 12.0 Å². The zero-order valence-electron chi connectivity index (χ0n) is 10.8. The van der Waals surface area contributed by atoms with E-state index < -0.39 is 34.9 Å². The summed E-state index contributed by atoms with van der Waals surface area (Å²) in [7, 11) is -4.25. The number of hydrogen-bond donors (Lipinski definition) is 3. The van der Waals surface area contributed by atoms with Gasteiger partial charge in [0, 0.05) is 12.3 Å². The van der Waals surface area contributed by atoms with Gasteiger partial charge in [0.25, 0.3) is 10.0 Å². The van der Waals surface area contributed by atoms with Crippen LogP contribution in [0.4, 0.5) is 8.78 Å². The van der Waals surface area contributed by atoms with Gasteiger partial charge in [0.05, 0.1) is 6.20 Å². The summed E-state index contributed by atoms with van der Waals surface area (Å²) < 4.78 is 49.9. The number of alkyl halides is 2. The minimum absolute atomic E-state index is 0.0599. The second-order valence-electron chi connectivity index (χ2n) is 4.43. The van der Waals surface area contributed by atoms with E-state index in [-0.39, 0.29) is 10.9 Å². The molecule has 0 spiro atoms. The number of sulfonamides is 1. The van der Waals surface area contributed by atoms with Crippen LogP contribution in [0.5, 0.6) is 0 Å². The fourth-order valence-corrected chi connectivity index (χ4v) is 2.51. The maximum absolute atomic E-state index is 12.2. The number of aliphatic carboxylic acids is 1. The van der Waals surface area contributed by atoms with Crippen molar-refractivity contribution < 1.29 is 27.1 Å². The average Bonchev–Trinajstić information content (AvgIpc) is 2.76. The molecule has 1 unspecified atom stereocenters. The Bertz CT molecular complexity index is 571. The lowest BCUT2D eigenvalue weighted by Crippen LogP contribution is -2.42. The highest BCUT2D eigenvalue weighted by Gasteiger charge is 2.29. The third kappa shape index (κ3) is 4.23. The quantitative estimate of drug-likeness (QED) is 0.693. The molecule has 1 aromatic rings. The van der Waals surface area contributed by atoms with Gasteiger partial charge in [0.2, 0.25) is 6.43 Å². The second kappa shape index (κ2) is 6.27. The topological polar surface area (TPSA) is 112 Å². The number of carboxylic acids is 1. The highest BCUT2D eigenvalue weighted by Crippen LogP contribution is 2.14. The molecule has 20 heavy (non-hydrogen) atoms. The highest BCUT2D eigenvalue weighted by atomic mass is 32.2. The molecule has 0 fully saturated rings. The van der Waals surface area contributed by atoms with E-state index in [4.69, 9.17) is 5.11 Å². The molecule has 0 radical (unpaired) electrons. The van der Waals surface area contributed by atoms with E-state index in [1.54, 1.807) is 18.6 Å². The lowest BCUT2D eigenvalue weighted by Gasteiger charge is -2.13. The van der Waals surface area contributed by atoms with Crippen molar-refractivity contribution in [3.8, 4) is 0 Å². The first-order valence-electron chi connectivity index (χ1n) is 5.71. The molecule has 0 aliphatic rings. The SMILES string of the molecule is CC(C)c1ncc(S(=O)(=O)NC(CC(F)F)C(=O)O)[nH]1. The van der Waals surface area contributed by atoms with Crippen LogP contribution in [0, 0.1) is 0 Å². The van der Waals surface area contributed by atoms with E-state index in [0.29, 0.717) is 5.82 Å². The van der Waals surface area contributed by atoms with Gasteiger partial charge in [-0.2, -0.15) is 4.72 Å². The summed E-state index contributed by atoms with van der Waals surface area (Å²) in [5.74, 6) is -1.33. The van der Waals surface area contributed by atoms with Gasteiger partial charge in [-0.3, -0.25) is 4.79 Å². The van der Waals surface area contributed by atoms with Crippen LogP contribution in [-0.2, 0) is 14.8 Å². The first-order valence-corrected chi connectivity index (χ1v) is 7.20. The summed E-state index contributed by atoms with van der Waals surface area (Å²) in [5, 5.41) is 8.38. The second-order valence-corrected chi connectivity index (χ2v) is 6.11. The summed E-state index contributed by atoms with van der Waals surface area (Å²) >= 11 is 0. The van der Waals surface area contributed by atoms with Crippen LogP contribution in [-0.4, -0.2) is 41.9 Å². The molecule has 1 heterocycles. The molecule has 7 nitrogen and oxygen atoms in total. The van der Waals surface area contributed by atoms with Gasteiger partial charge in [0.15, 0.2) is 5.03 Å². The number of carboxylic acid groups (broad SMARTS) is 1. The van der Waals surface area contributed by atoms with E-state index in [1.165, 1.54) is 0 Å². The summed E-state index contributed by atoms with van der Waals surface area (Å²) in [5.41, 5.74) is 0. The molecule has 1 atom stereocenters. The minimum atomic E-state index is -4.25. The molecule has 10 heteroatoms. The van der Waals surface area contributed by atoms with Crippen LogP contribution >= 0.6 is 0 Å². The number of imidazole rings is 1. The number of carbonyl (C=O) groups is 1. The van der Waals surface area contributed by atoms with E-state index >= 15 is 0 Å². The molecule has 0 saturated carbocycles. The molecular formula is C10H15F2N3O4S. The number of rotatable bonds is 7. The molecule has 1 aromatic heterocycles. The normalized spacial score (nSPS) is 13.9. The summed E-state index contributed by atoms with van der Waals surface area (Å²) in [4.78, 5) is 17.1. The number of hydrogen-bond acceptors (Lipinski definition) is 4. The van der Waals surface area contributed by atoms with Gasteiger partial charge in [0.1, 0.15) is 11.9 Å². The van der Waals surface area contributed by atoms with Gasteiger partial charge < -0.3 is 10.1 Å². The Morgan fingerprint density at radius 2 is 2.10 bits per heavy atom. The smallest absolute Gasteiger partial charge is 0.321 e.